The summed E-state index contributed by atoms with van der Waals surface area (Å²) in [6.07, 6.45) is 7.61. The Kier molecular flexibility index (Phi) is 11.3. The van der Waals surface area contributed by atoms with Gasteiger partial charge in [-0.1, -0.05) is 43.5 Å². The van der Waals surface area contributed by atoms with Gasteiger partial charge in [0.05, 0.1) is 24.8 Å². The van der Waals surface area contributed by atoms with Crippen molar-refractivity contribution in [3.63, 3.8) is 0 Å². The van der Waals surface area contributed by atoms with Gasteiger partial charge < -0.3 is 30.9 Å². The smallest absolute Gasteiger partial charge is 0.337 e. The van der Waals surface area contributed by atoms with Gasteiger partial charge in [-0.15, -0.1) is 0 Å². The van der Waals surface area contributed by atoms with Gasteiger partial charge in [0.2, 0.25) is 17.7 Å². The second-order valence-electron chi connectivity index (χ2n) is 13.0. The topological polar surface area (TPSA) is 146 Å². The maximum Gasteiger partial charge on any atom is 0.337 e. The summed E-state index contributed by atoms with van der Waals surface area (Å²) in [5.74, 6) is -1.74. The second kappa shape index (κ2) is 15.6. The first-order valence-electron chi connectivity index (χ1n) is 16.9. The summed E-state index contributed by atoms with van der Waals surface area (Å²) in [6.45, 7) is 1.87. The van der Waals surface area contributed by atoms with Crippen LogP contribution in [-0.4, -0.2) is 79.4 Å². The molecule has 4 amide bonds. The van der Waals surface area contributed by atoms with Crippen LogP contribution in [0.1, 0.15) is 96.2 Å². The molecular weight excluding hydrogens is 598 g/mol. The number of nitrogens with one attached hydrogen (secondary N) is 4. The molecule has 0 bridgehead atoms. The van der Waals surface area contributed by atoms with E-state index in [0.29, 0.717) is 11.1 Å². The molecule has 0 radical (unpaired) electrons. The minimum absolute atomic E-state index is 0.0415. The molecule has 4 N–H and O–H groups in total. The summed E-state index contributed by atoms with van der Waals surface area (Å²) >= 11 is 0. The summed E-state index contributed by atoms with van der Waals surface area (Å²) in [5, 5.41) is 12.2. The number of methoxy groups -OCH3 is 1. The number of nitrogens with zero attached hydrogens (tertiary/aromatic N) is 1. The van der Waals surface area contributed by atoms with Gasteiger partial charge in [-0.05, 0) is 93.8 Å². The maximum absolute atomic E-state index is 14.5. The highest BCUT2D eigenvalue weighted by molar-refractivity contribution is 5.97. The summed E-state index contributed by atoms with van der Waals surface area (Å²) in [6, 6.07) is 11.5. The van der Waals surface area contributed by atoms with E-state index in [0.717, 1.165) is 56.9 Å². The Bertz CT molecular complexity index is 1460. The van der Waals surface area contributed by atoms with E-state index in [9.17, 15) is 24.0 Å². The zero-order valence-electron chi connectivity index (χ0n) is 27.6. The summed E-state index contributed by atoms with van der Waals surface area (Å²) in [7, 11) is 2.99. The molecule has 1 heterocycles. The lowest BCUT2D eigenvalue weighted by molar-refractivity contribution is -0.143. The van der Waals surface area contributed by atoms with Crippen molar-refractivity contribution in [1.29, 1.82) is 0 Å². The zero-order valence-corrected chi connectivity index (χ0v) is 27.6. The quantitative estimate of drug-likeness (QED) is 0.291. The number of likely N-dealkylation sites (tertiary alicyclic amines) is 1. The Labute approximate surface area is 276 Å². The first kappa shape index (κ1) is 34.1. The number of benzene rings is 2. The summed E-state index contributed by atoms with van der Waals surface area (Å²) < 4.78 is 4.75. The number of likely N-dealkylation sites (N-methyl/N-ethyl adjacent to an activating group) is 1. The van der Waals surface area contributed by atoms with E-state index in [1.807, 2.05) is 18.2 Å². The van der Waals surface area contributed by atoms with Crippen LogP contribution in [0.2, 0.25) is 0 Å². The van der Waals surface area contributed by atoms with Gasteiger partial charge in [-0.2, -0.15) is 0 Å². The summed E-state index contributed by atoms with van der Waals surface area (Å²) in [5.41, 5.74) is 2.98. The monoisotopic (exact) mass is 645 g/mol. The molecule has 5 rings (SSSR count). The Hall–Kier alpha value is -4.25. The van der Waals surface area contributed by atoms with Crippen molar-refractivity contribution in [1.82, 2.24) is 26.2 Å². The van der Waals surface area contributed by atoms with Crippen molar-refractivity contribution in [2.75, 3.05) is 20.7 Å². The molecule has 1 saturated heterocycles. The van der Waals surface area contributed by atoms with Crippen LogP contribution in [0.25, 0.3) is 0 Å². The third kappa shape index (κ3) is 8.01. The second-order valence-corrected chi connectivity index (χ2v) is 13.0. The van der Waals surface area contributed by atoms with Crippen molar-refractivity contribution in [2.24, 2.45) is 5.92 Å². The number of carbonyl (C=O) groups excluding carboxylic acids is 5. The first-order valence-corrected chi connectivity index (χ1v) is 16.9. The fourth-order valence-electron chi connectivity index (χ4n) is 7.19. The van der Waals surface area contributed by atoms with Crippen molar-refractivity contribution >= 4 is 29.6 Å². The van der Waals surface area contributed by atoms with Gasteiger partial charge in [0.1, 0.15) is 12.1 Å². The molecular formula is C36H47N5O6. The van der Waals surface area contributed by atoms with Crippen LogP contribution in [0.3, 0.4) is 0 Å². The van der Waals surface area contributed by atoms with Crippen LogP contribution in [0.15, 0.2) is 48.5 Å². The number of hydrogen-bond acceptors (Lipinski definition) is 7. The number of fused-ring (bicyclic) bond motifs is 1. The van der Waals surface area contributed by atoms with Gasteiger partial charge in [0, 0.05) is 18.2 Å². The highest BCUT2D eigenvalue weighted by atomic mass is 16.5. The van der Waals surface area contributed by atoms with E-state index in [4.69, 9.17) is 4.74 Å². The molecule has 2 aromatic carbocycles. The standard InChI is InChI=1S/C36H47N5O6/c1-22(37-2)32(42)40-31(24-11-5-4-6-12-24)35(45)41-21-27(38-33(43)25-16-18-26(19-17-25)36(46)47-3)20-30(41)34(44)39-29-15-9-13-23-10-7-8-14-28(23)29/h7-8,10,14,16-19,22,24,27,29-31,37H,4-6,9,11-13,15,20-21H2,1-3H3,(H,38,43)(H,39,44)(H,40,42)/t22-,27-,29+,30-,31-/m0/s1. The zero-order chi connectivity index (χ0) is 33.5. The third-order valence-electron chi connectivity index (χ3n) is 9.99. The lowest BCUT2D eigenvalue weighted by atomic mass is 9.83. The van der Waals surface area contributed by atoms with Crippen molar-refractivity contribution in [2.45, 2.75) is 94.9 Å². The molecule has 11 heteroatoms. The molecule has 11 nitrogen and oxygen atoms in total. The normalized spacial score (nSPS) is 22.4. The van der Waals surface area contributed by atoms with Gasteiger partial charge in [-0.25, -0.2) is 4.79 Å². The highest BCUT2D eigenvalue weighted by Crippen LogP contribution is 2.32. The molecule has 1 aliphatic heterocycles. The molecule has 47 heavy (non-hydrogen) atoms. The van der Waals surface area contributed by atoms with E-state index in [1.54, 1.807) is 31.0 Å². The predicted molar refractivity (Wildman–Crippen MR) is 176 cm³/mol. The predicted octanol–water partition coefficient (Wildman–Crippen LogP) is 3.04. The van der Waals surface area contributed by atoms with Gasteiger partial charge in [0.15, 0.2) is 0 Å². The third-order valence-corrected chi connectivity index (χ3v) is 9.99. The number of hydrogen-bond donors (Lipinski definition) is 4. The number of esters is 1. The van der Waals surface area contributed by atoms with Crippen molar-refractivity contribution in [3.8, 4) is 0 Å². The molecule has 252 valence electrons. The number of ether oxygens (including phenoxy) is 1. The van der Waals surface area contributed by atoms with Gasteiger partial charge >= 0.3 is 5.97 Å². The molecule has 1 saturated carbocycles. The molecule has 2 aromatic rings. The molecule has 5 atom stereocenters. The molecule has 3 aliphatic rings. The Morgan fingerprint density at radius 2 is 1.57 bits per heavy atom. The number of aryl methyl sites for hydroxylation is 1. The molecule has 0 aromatic heterocycles. The van der Waals surface area contributed by atoms with Gasteiger partial charge in [0.25, 0.3) is 5.91 Å². The molecule has 0 spiro atoms. The largest absolute Gasteiger partial charge is 0.465 e. The fraction of sp³-hybridized carbons (Fsp3) is 0.528. The number of amides is 4. The Morgan fingerprint density at radius 3 is 2.28 bits per heavy atom. The van der Waals surface area contributed by atoms with Crippen molar-refractivity contribution in [3.05, 3.63) is 70.8 Å². The first-order chi connectivity index (χ1) is 22.7. The molecule has 2 aliphatic carbocycles. The lowest BCUT2D eigenvalue weighted by Crippen LogP contribution is -2.58. The Balaban J connectivity index is 1.38. The van der Waals surface area contributed by atoms with E-state index >= 15 is 0 Å². The van der Waals surface area contributed by atoms with Crippen LogP contribution in [0, 0.1) is 5.92 Å². The van der Waals surface area contributed by atoms with E-state index in [1.165, 1.54) is 24.8 Å². The average molecular weight is 646 g/mol. The SMILES string of the molecule is CN[C@@H](C)C(=O)N[C@H](C(=O)N1C[C@@H](NC(=O)c2ccc(C(=O)OC)cc2)C[C@H]1C(=O)N[C@@H]1CCCc2ccccc21)C1CCCCC1. The average Bonchev–Trinajstić information content (AvgIpc) is 3.54. The van der Waals surface area contributed by atoms with Crippen LogP contribution in [0.4, 0.5) is 0 Å². The molecule has 0 unspecified atom stereocenters. The highest BCUT2D eigenvalue weighted by Gasteiger charge is 2.45. The summed E-state index contributed by atoms with van der Waals surface area (Å²) in [4.78, 5) is 68.4. The molecule has 2 fully saturated rings. The van der Waals surface area contributed by atoms with E-state index < -0.39 is 30.1 Å². The van der Waals surface area contributed by atoms with E-state index in [2.05, 4.69) is 27.3 Å². The van der Waals surface area contributed by atoms with Crippen LogP contribution < -0.4 is 21.3 Å². The fourth-order valence-corrected chi connectivity index (χ4v) is 7.19. The van der Waals surface area contributed by atoms with Gasteiger partial charge in [-0.3, -0.25) is 19.2 Å². The number of carbonyl (C=O) groups is 5. The van der Waals surface area contributed by atoms with Crippen LogP contribution >= 0.6 is 0 Å². The minimum atomic E-state index is -0.826. The van der Waals surface area contributed by atoms with Crippen molar-refractivity contribution < 1.29 is 28.7 Å². The maximum atomic E-state index is 14.5. The Morgan fingerprint density at radius 1 is 0.872 bits per heavy atom. The van der Waals surface area contributed by atoms with Crippen LogP contribution in [0.5, 0.6) is 0 Å². The minimum Gasteiger partial charge on any atom is -0.465 e. The van der Waals surface area contributed by atoms with E-state index in [-0.39, 0.29) is 48.6 Å². The number of rotatable bonds is 10. The lowest BCUT2D eigenvalue weighted by Gasteiger charge is -2.35. The van der Waals surface area contributed by atoms with Crippen LogP contribution in [-0.2, 0) is 25.5 Å².